The molecule has 14 heavy (non-hydrogen) atoms. The minimum absolute atomic E-state index is 0.411. The fraction of sp³-hybridized carbons (Fsp3) is 0.615. The molecule has 0 N–H and O–H groups in total. The summed E-state index contributed by atoms with van der Waals surface area (Å²) in [5, 5.41) is 0. The van der Waals surface area contributed by atoms with Crippen LogP contribution in [0, 0.1) is 11.3 Å². The summed E-state index contributed by atoms with van der Waals surface area (Å²) < 4.78 is 0. The van der Waals surface area contributed by atoms with E-state index in [1.54, 1.807) is 0 Å². The molecular formula is C13H21N. The molecule has 0 saturated heterocycles. The fourth-order valence-electron chi connectivity index (χ4n) is 1.34. The van der Waals surface area contributed by atoms with E-state index < -0.39 is 0 Å². The van der Waals surface area contributed by atoms with Crippen molar-refractivity contribution in [2.24, 2.45) is 11.3 Å². The molecule has 1 heteroatoms. The van der Waals surface area contributed by atoms with Crippen LogP contribution in [0.25, 0.3) is 0 Å². The maximum Gasteiger partial charge on any atom is 0.0403 e. The highest BCUT2D eigenvalue weighted by molar-refractivity contribution is 5.03. The lowest BCUT2D eigenvalue weighted by atomic mass is 9.79. The summed E-state index contributed by atoms with van der Waals surface area (Å²) in [5.74, 6) is 0.740. The Morgan fingerprint density at radius 3 is 2.50 bits per heavy atom. The summed E-state index contributed by atoms with van der Waals surface area (Å²) in [4.78, 5) is 4.33. The largest absolute Gasteiger partial charge is 0.261 e. The summed E-state index contributed by atoms with van der Waals surface area (Å²) in [5.41, 5.74) is 1.62. The second kappa shape index (κ2) is 4.59. The Kier molecular flexibility index (Phi) is 3.68. The van der Waals surface area contributed by atoms with Crippen LogP contribution in [0.4, 0.5) is 0 Å². The summed E-state index contributed by atoms with van der Waals surface area (Å²) in [7, 11) is 0. The summed E-state index contributed by atoms with van der Waals surface area (Å²) >= 11 is 0. The van der Waals surface area contributed by atoms with Crippen molar-refractivity contribution in [3.8, 4) is 0 Å². The Morgan fingerprint density at radius 2 is 2.00 bits per heavy atom. The van der Waals surface area contributed by atoms with E-state index in [-0.39, 0.29) is 0 Å². The molecular weight excluding hydrogens is 170 g/mol. The number of nitrogens with zero attached hydrogens (tertiary/aromatic N) is 1. The third-order valence-electron chi connectivity index (χ3n) is 3.04. The first-order valence-electron chi connectivity index (χ1n) is 5.40. The average molecular weight is 191 g/mol. The molecule has 78 valence electrons. The van der Waals surface area contributed by atoms with Crippen LogP contribution in [0.15, 0.2) is 24.4 Å². The number of rotatable bonds is 3. The lowest BCUT2D eigenvalue weighted by Crippen LogP contribution is -2.17. The topological polar surface area (TPSA) is 12.9 Å². The van der Waals surface area contributed by atoms with Gasteiger partial charge in [0.2, 0.25) is 0 Å². The Balaban J connectivity index is 2.42. The zero-order valence-corrected chi connectivity index (χ0v) is 9.75. The monoisotopic (exact) mass is 191 g/mol. The first-order valence-corrected chi connectivity index (χ1v) is 5.40. The van der Waals surface area contributed by atoms with Gasteiger partial charge in [-0.25, -0.2) is 0 Å². The Labute approximate surface area is 87.6 Å². The second-order valence-electron chi connectivity index (χ2n) is 5.13. The van der Waals surface area contributed by atoms with Crippen LogP contribution in [0.2, 0.25) is 0 Å². The van der Waals surface area contributed by atoms with Crippen molar-refractivity contribution >= 4 is 0 Å². The summed E-state index contributed by atoms with van der Waals surface area (Å²) in [6.45, 7) is 9.23. The zero-order chi connectivity index (χ0) is 10.6. The zero-order valence-electron chi connectivity index (χ0n) is 9.75. The van der Waals surface area contributed by atoms with Crippen molar-refractivity contribution in [2.45, 2.75) is 40.5 Å². The van der Waals surface area contributed by atoms with E-state index in [4.69, 9.17) is 0 Å². The van der Waals surface area contributed by atoms with E-state index in [0.29, 0.717) is 5.41 Å². The first-order chi connectivity index (χ1) is 6.50. The standard InChI is InChI=1S/C13H21N/c1-11(13(2,3)4)8-9-12-7-5-6-10-14-12/h5-7,10-11H,8-9H2,1-4H3. The molecule has 1 heterocycles. The van der Waals surface area contributed by atoms with Crippen LogP contribution < -0.4 is 0 Å². The molecule has 0 aromatic carbocycles. The van der Waals surface area contributed by atoms with Crippen LogP contribution in [0.3, 0.4) is 0 Å². The van der Waals surface area contributed by atoms with Crippen LogP contribution in [-0.2, 0) is 6.42 Å². The van der Waals surface area contributed by atoms with Gasteiger partial charge in [0, 0.05) is 11.9 Å². The minimum Gasteiger partial charge on any atom is -0.261 e. The van der Waals surface area contributed by atoms with Crippen molar-refractivity contribution in [2.75, 3.05) is 0 Å². The molecule has 0 amide bonds. The molecule has 0 spiro atoms. The van der Waals surface area contributed by atoms with Gasteiger partial charge < -0.3 is 0 Å². The maximum atomic E-state index is 4.33. The normalized spacial score (nSPS) is 14.0. The van der Waals surface area contributed by atoms with E-state index in [1.165, 1.54) is 12.1 Å². The molecule has 1 nitrogen and oxygen atoms in total. The Morgan fingerprint density at radius 1 is 1.29 bits per heavy atom. The lowest BCUT2D eigenvalue weighted by molar-refractivity contribution is 0.246. The van der Waals surface area contributed by atoms with Gasteiger partial charge in [0.05, 0.1) is 0 Å². The van der Waals surface area contributed by atoms with Crippen LogP contribution >= 0.6 is 0 Å². The first kappa shape index (κ1) is 11.2. The van der Waals surface area contributed by atoms with Crippen molar-refractivity contribution < 1.29 is 0 Å². The number of hydrogen-bond acceptors (Lipinski definition) is 1. The molecule has 0 saturated carbocycles. The van der Waals surface area contributed by atoms with E-state index in [0.717, 1.165) is 12.3 Å². The number of hydrogen-bond donors (Lipinski definition) is 0. The average Bonchev–Trinajstić information content (AvgIpc) is 2.14. The van der Waals surface area contributed by atoms with E-state index in [2.05, 4.69) is 44.8 Å². The molecule has 0 aliphatic heterocycles. The molecule has 0 aliphatic rings. The van der Waals surface area contributed by atoms with Gasteiger partial charge in [0.1, 0.15) is 0 Å². The van der Waals surface area contributed by atoms with Gasteiger partial charge >= 0.3 is 0 Å². The SMILES string of the molecule is CC(CCc1ccccn1)C(C)(C)C. The van der Waals surface area contributed by atoms with Crippen molar-refractivity contribution in [1.29, 1.82) is 0 Å². The van der Waals surface area contributed by atoms with Gasteiger partial charge in [-0.3, -0.25) is 4.98 Å². The van der Waals surface area contributed by atoms with E-state index >= 15 is 0 Å². The molecule has 1 aromatic heterocycles. The third-order valence-corrected chi connectivity index (χ3v) is 3.04. The number of aromatic nitrogens is 1. The maximum absolute atomic E-state index is 4.33. The number of aryl methyl sites for hydroxylation is 1. The van der Waals surface area contributed by atoms with E-state index in [1.807, 2.05) is 12.3 Å². The number of pyridine rings is 1. The molecule has 0 aliphatic carbocycles. The van der Waals surface area contributed by atoms with Crippen molar-refractivity contribution in [1.82, 2.24) is 4.98 Å². The van der Waals surface area contributed by atoms with E-state index in [9.17, 15) is 0 Å². The molecule has 0 bridgehead atoms. The van der Waals surface area contributed by atoms with Crippen LogP contribution in [0.5, 0.6) is 0 Å². The Hall–Kier alpha value is -0.850. The van der Waals surface area contributed by atoms with Gasteiger partial charge in [-0.15, -0.1) is 0 Å². The predicted molar refractivity (Wildman–Crippen MR) is 61.2 cm³/mol. The highest BCUT2D eigenvalue weighted by Crippen LogP contribution is 2.28. The van der Waals surface area contributed by atoms with Gasteiger partial charge in [-0.2, -0.15) is 0 Å². The predicted octanol–water partition coefficient (Wildman–Crippen LogP) is 3.70. The van der Waals surface area contributed by atoms with Gasteiger partial charge in [0.25, 0.3) is 0 Å². The van der Waals surface area contributed by atoms with Crippen molar-refractivity contribution in [3.05, 3.63) is 30.1 Å². The van der Waals surface area contributed by atoms with Gasteiger partial charge in [-0.05, 0) is 36.3 Å². The quantitative estimate of drug-likeness (QED) is 0.710. The molecule has 0 radical (unpaired) electrons. The molecule has 1 aromatic rings. The van der Waals surface area contributed by atoms with Crippen molar-refractivity contribution in [3.63, 3.8) is 0 Å². The summed E-state index contributed by atoms with van der Waals surface area (Å²) in [6.07, 6.45) is 4.19. The Bertz CT molecular complexity index is 258. The third kappa shape index (κ3) is 3.49. The van der Waals surface area contributed by atoms with Gasteiger partial charge in [0.15, 0.2) is 0 Å². The minimum atomic E-state index is 0.411. The van der Waals surface area contributed by atoms with Crippen LogP contribution in [0.1, 0.15) is 39.8 Å². The lowest BCUT2D eigenvalue weighted by Gasteiger charge is -2.27. The smallest absolute Gasteiger partial charge is 0.0403 e. The summed E-state index contributed by atoms with van der Waals surface area (Å²) in [6, 6.07) is 6.14. The fourth-order valence-corrected chi connectivity index (χ4v) is 1.34. The highest BCUT2D eigenvalue weighted by atomic mass is 14.7. The molecule has 1 unspecified atom stereocenters. The molecule has 1 atom stereocenters. The van der Waals surface area contributed by atoms with Crippen LogP contribution in [-0.4, -0.2) is 4.98 Å². The molecule has 0 fully saturated rings. The highest BCUT2D eigenvalue weighted by Gasteiger charge is 2.19. The van der Waals surface area contributed by atoms with Gasteiger partial charge in [-0.1, -0.05) is 33.8 Å². The molecule has 1 rings (SSSR count). The second-order valence-corrected chi connectivity index (χ2v) is 5.13.